The Kier molecular flexibility index (Phi) is 4.31. The molecule has 0 unspecified atom stereocenters. The molecule has 0 atom stereocenters. The Hall–Kier alpha value is -1.19. The average Bonchev–Trinajstić information content (AvgIpc) is 2.36. The zero-order chi connectivity index (χ0) is 14.9. The molecule has 20 heavy (non-hydrogen) atoms. The molecule has 0 radical (unpaired) electrons. The predicted octanol–water partition coefficient (Wildman–Crippen LogP) is 2.69. The predicted molar refractivity (Wildman–Crippen MR) is 83.8 cm³/mol. The largest absolute Gasteiger partial charge is 0.398 e. The highest BCUT2D eigenvalue weighted by Gasteiger charge is 2.19. The summed E-state index contributed by atoms with van der Waals surface area (Å²) in [5, 5.41) is 0. The summed E-state index contributed by atoms with van der Waals surface area (Å²) in [7, 11) is -3.78. The van der Waals surface area contributed by atoms with Gasteiger partial charge in [0.15, 0.2) is 5.82 Å². The number of nitrogens with zero attached hydrogens (tertiary/aromatic N) is 2. The molecule has 0 aliphatic rings. The third kappa shape index (κ3) is 3.28. The number of sulfonamides is 1. The molecular weight excluding hydrogens is 412 g/mol. The third-order valence-electron chi connectivity index (χ3n) is 2.51. The summed E-state index contributed by atoms with van der Waals surface area (Å²) in [6, 6.07) is 3.13. The molecule has 1 aromatic carbocycles. The Balaban J connectivity index is 2.43. The molecule has 6 nitrogen and oxygen atoms in total. The number of benzene rings is 1. The number of anilines is 2. The Labute approximate surface area is 133 Å². The summed E-state index contributed by atoms with van der Waals surface area (Å²) in [6.07, 6.45) is 2.72. The van der Waals surface area contributed by atoms with Gasteiger partial charge in [0.25, 0.3) is 10.0 Å². The van der Waals surface area contributed by atoms with Gasteiger partial charge in [-0.1, -0.05) is 15.9 Å². The van der Waals surface area contributed by atoms with Gasteiger partial charge in [0.1, 0.15) is 4.60 Å². The highest BCUT2D eigenvalue weighted by Crippen LogP contribution is 2.27. The second kappa shape index (κ2) is 5.66. The van der Waals surface area contributed by atoms with E-state index >= 15 is 0 Å². The van der Waals surface area contributed by atoms with Crippen LogP contribution in [-0.2, 0) is 10.0 Å². The number of nitrogens with two attached hydrogens (primary N) is 1. The van der Waals surface area contributed by atoms with Crippen LogP contribution in [0.1, 0.15) is 5.56 Å². The molecule has 0 aliphatic heterocycles. The molecule has 0 saturated carbocycles. The maximum atomic E-state index is 12.3. The van der Waals surface area contributed by atoms with E-state index < -0.39 is 10.0 Å². The van der Waals surface area contributed by atoms with Crippen molar-refractivity contribution < 1.29 is 8.42 Å². The molecule has 0 saturated heterocycles. The zero-order valence-corrected chi connectivity index (χ0v) is 14.3. The smallest absolute Gasteiger partial charge is 0.263 e. The topological polar surface area (TPSA) is 98.0 Å². The minimum Gasteiger partial charge on any atom is -0.398 e. The fourth-order valence-electron chi connectivity index (χ4n) is 1.51. The van der Waals surface area contributed by atoms with E-state index in [1.807, 2.05) is 0 Å². The second-order valence-electron chi connectivity index (χ2n) is 3.95. The van der Waals surface area contributed by atoms with Gasteiger partial charge in [0, 0.05) is 10.2 Å². The van der Waals surface area contributed by atoms with Crippen molar-refractivity contribution in [1.82, 2.24) is 9.97 Å². The summed E-state index contributed by atoms with van der Waals surface area (Å²) in [6.45, 7) is 1.64. The molecule has 0 fully saturated rings. The maximum Gasteiger partial charge on any atom is 0.263 e. The minimum atomic E-state index is -3.78. The van der Waals surface area contributed by atoms with Gasteiger partial charge in [0.2, 0.25) is 0 Å². The number of halogens is 2. The standard InChI is InChI=1S/C11H10Br2N4O2S/c1-6-8(14)2-7(12)3-9(6)20(18,19)17-11-5-15-10(13)4-16-11/h2-5H,14H2,1H3,(H,16,17). The Morgan fingerprint density at radius 3 is 2.50 bits per heavy atom. The molecule has 106 valence electrons. The van der Waals surface area contributed by atoms with E-state index in [0.717, 1.165) is 0 Å². The molecule has 2 rings (SSSR count). The lowest BCUT2D eigenvalue weighted by atomic mass is 10.2. The van der Waals surface area contributed by atoms with Gasteiger partial charge >= 0.3 is 0 Å². The molecule has 9 heteroatoms. The highest BCUT2D eigenvalue weighted by atomic mass is 79.9. The number of nitrogen functional groups attached to an aromatic ring is 1. The lowest BCUT2D eigenvalue weighted by Gasteiger charge is -2.11. The summed E-state index contributed by atoms with van der Waals surface area (Å²) in [5.74, 6) is 0.131. The minimum absolute atomic E-state index is 0.0918. The first-order valence-electron chi connectivity index (χ1n) is 5.35. The van der Waals surface area contributed by atoms with Crippen molar-refractivity contribution in [2.24, 2.45) is 0 Å². The molecule has 0 aliphatic carbocycles. The van der Waals surface area contributed by atoms with E-state index in [1.165, 1.54) is 18.5 Å². The van der Waals surface area contributed by atoms with E-state index in [0.29, 0.717) is 20.3 Å². The number of hydrogen-bond acceptors (Lipinski definition) is 5. The zero-order valence-electron chi connectivity index (χ0n) is 10.3. The lowest BCUT2D eigenvalue weighted by molar-refractivity contribution is 0.600. The number of nitrogens with one attached hydrogen (secondary N) is 1. The van der Waals surface area contributed by atoms with Gasteiger partial charge in [0.05, 0.1) is 17.3 Å². The van der Waals surface area contributed by atoms with Gasteiger partial charge < -0.3 is 5.73 Å². The van der Waals surface area contributed by atoms with Crippen LogP contribution in [0.15, 0.2) is 38.5 Å². The average molecular weight is 422 g/mol. The van der Waals surface area contributed by atoms with Crippen LogP contribution in [0, 0.1) is 6.92 Å². The molecule has 3 N–H and O–H groups in total. The quantitative estimate of drug-likeness (QED) is 0.742. The van der Waals surface area contributed by atoms with Gasteiger partial charge in [-0.2, -0.15) is 0 Å². The SMILES string of the molecule is Cc1c(N)cc(Br)cc1S(=O)(=O)Nc1cnc(Br)cn1. The van der Waals surface area contributed by atoms with Crippen molar-refractivity contribution in [3.63, 3.8) is 0 Å². The van der Waals surface area contributed by atoms with Crippen LogP contribution in [-0.4, -0.2) is 18.4 Å². The third-order valence-corrected chi connectivity index (χ3v) is 4.86. The van der Waals surface area contributed by atoms with Crippen LogP contribution >= 0.6 is 31.9 Å². The van der Waals surface area contributed by atoms with Crippen LogP contribution in [0.25, 0.3) is 0 Å². The number of rotatable bonds is 3. The summed E-state index contributed by atoms with van der Waals surface area (Å²) in [5.41, 5.74) is 6.64. The first kappa shape index (κ1) is 15.2. The Morgan fingerprint density at radius 2 is 1.90 bits per heavy atom. The van der Waals surface area contributed by atoms with Crippen molar-refractivity contribution in [2.45, 2.75) is 11.8 Å². The summed E-state index contributed by atoms with van der Waals surface area (Å²) < 4.78 is 28.2. The van der Waals surface area contributed by atoms with Crippen LogP contribution in [0.4, 0.5) is 11.5 Å². The van der Waals surface area contributed by atoms with E-state index in [2.05, 4.69) is 46.5 Å². The van der Waals surface area contributed by atoms with Crippen molar-refractivity contribution in [2.75, 3.05) is 10.5 Å². The molecule has 1 aromatic heterocycles. The number of aromatic nitrogens is 2. The first-order valence-corrected chi connectivity index (χ1v) is 8.42. The molecule has 2 aromatic rings. The van der Waals surface area contributed by atoms with E-state index in [1.54, 1.807) is 13.0 Å². The second-order valence-corrected chi connectivity index (χ2v) is 7.33. The van der Waals surface area contributed by atoms with E-state index in [4.69, 9.17) is 5.73 Å². The first-order chi connectivity index (χ1) is 9.29. The highest BCUT2D eigenvalue weighted by molar-refractivity contribution is 9.10. The summed E-state index contributed by atoms with van der Waals surface area (Å²) >= 11 is 6.36. The molecule has 0 bridgehead atoms. The fourth-order valence-corrected chi connectivity index (χ4v) is 3.64. The lowest BCUT2D eigenvalue weighted by Crippen LogP contribution is -2.16. The van der Waals surface area contributed by atoms with Crippen molar-refractivity contribution >= 4 is 53.4 Å². The van der Waals surface area contributed by atoms with Gasteiger partial charge in [-0.25, -0.2) is 18.4 Å². The van der Waals surface area contributed by atoms with Crippen LogP contribution < -0.4 is 10.5 Å². The molecule has 0 amide bonds. The molecule has 1 heterocycles. The van der Waals surface area contributed by atoms with Crippen LogP contribution in [0.3, 0.4) is 0 Å². The van der Waals surface area contributed by atoms with Crippen molar-refractivity contribution in [3.05, 3.63) is 39.2 Å². The van der Waals surface area contributed by atoms with Crippen LogP contribution in [0.5, 0.6) is 0 Å². The van der Waals surface area contributed by atoms with E-state index in [-0.39, 0.29) is 10.7 Å². The fraction of sp³-hybridized carbons (Fsp3) is 0.0909. The van der Waals surface area contributed by atoms with Crippen molar-refractivity contribution in [3.8, 4) is 0 Å². The van der Waals surface area contributed by atoms with Crippen molar-refractivity contribution in [1.29, 1.82) is 0 Å². The molecule has 0 spiro atoms. The van der Waals surface area contributed by atoms with E-state index in [9.17, 15) is 8.42 Å². The normalized spacial score (nSPS) is 11.3. The van der Waals surface area contributed by atoms with Gasteiger partial charge in [-0.15, -0.1) is 0 Å². The molecular formula is C11H10Br2N4O2S. The van der Waals surface area contributed by atoms with Gasteiger partial charge in [-0.3, -0.25) is 4.72 Å². The summed E-state index contributed by atoms with van der Waals surface area (Å²) in [4.78, 5) is 7.92. The van der Waals surface area contributed by atoms with Gasteiger partial charge in [-0.05, 0) is 40.5 Å². The monoisotopic (exact) mass is 420 g/mol. The maximum absolute atomic E-state index is 12.3. The van der Waals surface area contributed by atoms with Crippen LogP contribution in [0.2, 0.25) is 0 Å². The number of hydrogen-bond donors (Lipinski definition) is 2. The Bertz CT molecular complexity index is 748. The Morgan fingerprint density at radius 1 is 1.20 bits per heavy atom.